The first-order valence-corrected chi connectivity index (χ1v) is 8.17. The summed E-state index contributed by atoms with van der Waals surface area (Å²) in [6.07, 6.45) is 4.20. The van der Waals surface area contributed by atoms with Gasteiger partial charge in [0, 0.05) is 34.4 Å². The Hall–Kier alpha value is -2.88. The van der Waals surface area contributed by atoms with Gasteiger partial charge in [-0.15, -0.1) is 0 Å². The van der Waals surface area contributed by atoms with Crippen LogP contribution in [0, 0.1) is 0 Å². The fourth-order valence-corrected chi connectivity index (χ4v) is 3.32. The van der Waals surface area contributed by atoms with E-state index in [1.165, 1.54) is 0 Å². The Morgan fingerprint density at radius 1 is 0.720 bits per heavy atom. The maximum absolute atomic E-state index is 6.38. The van der Waals surface area contributed by atoms with Crippen LogP contribution in [0.15, 0.2) is 47.5 Å². The van der Waals surface area contributed by atoms with Gasteiger partial charge in [-0.25, -0.2) is 0 Å². The van der Waals surface area contributed by atoms with Gasteiger partial charge in [-0.05, 0) is 50.3 Å². The van der Waals surface area contributed by atoms with Crippen LogP contribution in [-0.4, -0.2) is 20.0 Å². The molecule has 0 atom stereocenters. The van der Waals surface area contributed by atoms with E-state index in [0.717, 1.165) is 45.3 Å². The van der Waals surface area contributed by atoms with Gasteiger partial charge in [0.1, 0.15) is 23.0 Å². The van der Waals surface area contributed by atoms with Crippen LogP contribution < -0.4 is 18.9 Å². The predicted molar refractivity (Wildman–Crippen MR) is 97.3 cm³/mol. The van der Waals surface area contributed by atoms with Crippen LogP contribution in [0.2, 0.25) is 0 Å². The van der Waals surface area contributed by atoms with Gasteiger partial charge in [-0.2, -0.15) is 0 Å². The summed E-state index contributed by atoms with van der Waals surface area (Å²) in [7, 11) is 3.29. The van der Waals surface area contributed by atoms with Gasteiger partial charge in [-0.1, -0.05) is 0 Å². The van der Waals surface area contributed by atoms with Crippen LogP contribution in [0.4, 0.5) is 0 Å². The standard InChI is InChI=1S/C21H20O4/c1-13-9-15-5-7-17(22-3)11-19(15)24-21(13)14(2)10-16-6-8-18(23-4)12-20(16)25-21/h5-12H,1-4H3. The maximum atomic E-state index is 6.38. The van der Waals surface area contributed by atoms with Crippen molar-refractivity contribution in [3.05, 3.63) is 58.7 Å². The van der Waals surface area contributed by atoms with Gasteiger partial charge in [-0.3, -0.25) is 0 Å². The molecule has 2 aromatic carbocycles. The van der Waals surface area contributed by atoms with Crippen LogP contribution in [0.1, 0.15) is 25.0 Å². The summed E-state index contributed by atoms with van der Waals surface area (Å²) < 4.78 is 23.4. The lowest BCUT2D eigenvalue weighted by Crippen LogP contribution is -2.47. The van der Waals surface area contributed by atoms with E-state index < -0.39 is 5.79 Å². The smallest absolute Gasteiger partial charge is 0.297 e. The highest BCUT2D eigenvalue weighted by Gasteiger charge is 2.44. The van der Waals surface area contributed by atoms with Gasteiger partial charge in [0.15, 0.2) is 0 Å². The molecule has 4 rings (SSSR count). The first-order chi connectivity index (χ1) is 12.1. The second-order valence-corrected chi connectivity index (χ2v) is 6.28. The lowest BCUT2D eigenvalue weighted by Gasteiger charge is -2.41. The largest absolute Gasteiger partial charge is 0.497 e. The van der Waals surface area contributed by atoms with E-state index in [1.54, 1.807) is 14.2 Å². The van der Waals surface area contributed by atoms with Crippen molar-refractivity contribution >= 4 is 12.2 Å². The molecule has 2 aliphatic heterocycles. The molecule has 0 bridgehead atoms. The maximum Gasteiger partial charge on any atom is 0.297 e. The Balaban J connectivity index is 1.82. The third-order valence-corrected chi connectivity index (χ3v) is 4.73. The molecule has 0 N–H and O–H groups in total. The van der Waals surface area contributed by atoms with Gasteiger partial charge < -0.3 is 18.9 Å². The topological polar surface area (TPSA) is 36.9 Å². The van der Waals surface area contributed by atoms with Crippen molar-refractivity contribution in [1.82, 2.24) is 0 Å². The van der Waals surface area contributed by atoms with Crippen LogP contribution in [0.25, 0.3) is 12.2 Å². The molecule has 2 heterocycles. The minimum Gasteiger partial charge on any atom is -0.497 e. The van der Waals surface area contributed by atoms with Crippen molar-refractivity contribution in [2.24, 2.45) is 0 Å². The first kappa shape index (κ1) is 15.6. The number of methoxy groups -OCH3 is 2. The van der Waals surface area contributed by atoms with Crippen LogP contribution in [-0.2, 0) is 0 Å². The van der Waals surface area contributed by atoms with Crippen molar-refractivity contribution in [2.45, 2.75) is 19.6 Å². The van der Waals surface area contributed by atoms with Crippen molar-refractivity contribution in [3.8, 4) is 23.0 Å². The van der Waals surface area contributed by atoms with Crippen molar-refractivity contribution in [1.29, 1.82) is 0 Å². The molecule has 25 heavy (non-hydrogen) atoms. The zero-order chi connectivity index (χ0) is 17.6. The summed E-state index contributed by atoms with van der Waals surface area (Å²) in [6, 6.07) is 11.6. The molecule has 0 radical (unpaired) electrons. The summed E-state index contributed by atoms with van der Waals surface area (Å²) >= 11 is 0. The molecule has 0 aromatic heterocycles. The predicted octanol–water partition coefficient (Wildman–Crippen LogP) is 4.69. The number of hydrogen-bond acceptors (Lipinski definition) is 4. The van der Waals surface area contributed by atoms with Crippen molar-refractivity contribution in [3.63, 3.8) is 0 Å². The van der Waals surface area contributed by atoms with E-state index in [-0.39, 0.29) is 0 Å². The summed E-state index contributed by atoms with van der Waals surface area (Å²) in [5.41, 5.74) is 4.01. The molecule has 128 valence electrons. The molecule has 4 nitrogen and oxygen atoms in total. The minimum atomic E-state index is -0.946. The number of hydrogen-bond donors (Lipinski definition) is 0. The Labute approximate surface area is 147 Å². The number of rotatable bonds is 2. The second kappa shape index (κ2) is 5.59. The molecular weight excluding hydrogens is 316 g/mol. The van der Waals surface area contributed by atoms with Crippen molar-refractivity contribution in [2.75, 3.05) is 14.2 Å². The van der Waals surface area contributed by atoms with Gasteiger partial charge in [0.05, 0.1) is 14.2 Å². The molecule has 0 aliphatic carbocycles. The van der Waals surface area contributed by atoms with E-state index in [9.17, 15) is 0 Å². The van der Waals surface area contributed by atoms with Gasteiger partial charge in [0.25, 0.3) is 5.79 Å². The van der Waals surface area contributed by atoms with E-state index in [2.05, 4.69) is 12.2 Å². The van der Waals surface area contributed by atoms with E-state index in [4.69, 9.17) is 18.9 Å². The zero-order valence-corrected chi connectivity index (χ0v) is 14.8. The van der Waals surface area contributed by atoms with Crippen molar-refractivity contribution < 1.29 is 18.9 Å². The second-order valence-electron chi connectivity index (χ2n) is 6.28. The van der Waals surface area contributed by atoms with Gasteiger partial charge >= 0.3 is 0 Å². The fourth-order valence-electron chi connectivity index (χ4n) is 3.32. The highest BCUT2D eigenvalue weighted by molar-refractivity contribution is 5.72. The molecule has 2 aromatic rings. The van der Waals surface area contributed by atoms with Crippen LogP contribution in [0.5, 0.6) is 23.0 Å². The average molecular weight is 336 g/mol. The quantitative estimate of drug-likeness (QED) is 0.797. The molecule has 0 unspecified atom stereocenters. The Morgan fingerprint density at radius 2 is 1.16 bits per heavy atom. The monoisotopic (exact) mass is 336 g/mol. The highest BCUT2D eigenvalue weighted by Crippen LogP contribution is 2.46. The molecule has 0 amide bonds. The van der Waals surface area contributed by atoms with Crippen LogP contribution in [0.3, 0.4) is 0 Å². The lowest BCUT2D eigenvalue weighted by molar-refractivity contribution is -0.0516. The third-order valence-electron chi connectivity index (χ3n) is 4.73. The van der Waals surface area contributed by atoms with Crippen LogP contribution >= 0.6 is 0 Å². The van der Waals surface area contributed by atoms with E-state index >= 15 is 0 Å². The molecule has 4 heteroatoms. The molecular formula is C21H20O4. The van der Waals surface area contributed by atoms with E-state index in [0.29, 0.717) is 0 Å². The summed E-state index contributed by atoms with van der Waals surface area (Å²) in [5.74, 6) is 2.04. The zero-order valence-electron chi connectivity index (χ0n) is 14.8. The summed E-state index contributed by atoms with van der Waals surface area (Å²) in [6.45, 7) is 4.05. The number of fused-ring (bicyclic) bond motifs is 2. The summed E-state index contributed by atoms with van der Waals surface area (Å²) in [4.78, 5) is 0. The number of benzene rings is 2. The molecule has 0 saturated heterocycles. The third kappa shape index (κ3) is 2.37. The van der Waals surface area contributed by atoms with Gasteiger partial charge in [0.2, 0.25) is 0 Å². The first-order valence-electron chi connectivity index (χ1n) is 8.17. The highest BCUT2D eigenvalue weighted by atomic mass is 16.7. The molecule has 0 fully saturated rings. The summed E-state index contributed by atoms with van der Waals surface area (Å²) in [5, 5.41) is 0. The molecule has 0 saturated carbocycles. The number of ether oxygens (including phenoxy) is 4. The normalized spacial score (nSPS) is 16.6. The fraction of sp³-hybridized carbons (Fsp3) is 0.238. The Bertz CT molecular complexity index is 833. The lowest BCUT2D eigenvalue weighted by atomic mass is 9.90. The average Bonchev–Trinajstić information content (AvgIpc) is 2.62. The molecule has 2 aliphatic rings. The van der Waals surface area contributed by atoms with E-state index in [1.807, 2.05) is 50.2 Å². The Morgan fingerprint density at radius 3 is 1.56 bits per heavy atom. The Kier molecular flexibility index (Phi) is 3.49. The SMILES string of the molecule is COc1ccc2c(c1)OC1(Oc3cc(OC)ccc3C=C1C)C(C)=C2. The minimum absolute atomic E-state index is 0.740. The molecule has 1 spiro atoms.